The van der Waals surface area contributed by atoms with Crippen molar-refractivity contribution in [1.82, 2.24) is 4.90 Å². The van der Waals surface area contributed by atoms with Gasteiger partial charge in [0.2, 0.25) is 0 Å². The molecular formula is C14H18BrN3. The van der Waals surface area contributed by atoms with E-state index >= 15 is 0 Å². The largest absolute Gasteiger partial charge is 0.368 e. The molecular weight excluding hydrogens is 290 g/mol. The number of rotatable bonds is 1. The zero-order chi connectivity index (χ0) is 13.3. The average molecular weight is 308 g/mol. The van der Waals surface area contributed by atoms with Crippen LogP contribution in [0.3, 0.4) is 0 Å². The van der Waals surface area contributed by atoms with E-state index in [1.807, 2.05) is 18.2 Å². The minimum absolute atomic E-state index is 0.172. The first-order chi connectivity index (χ1) is 8.44. The van der Waals surface area contributed by atoms with Gasteiger partial charge in [-0.2, -0.15) is 5.26 Å². The quantitative estimate of drug-likeness (QED) is 0.799. The molecule has 0 bridgehead atoms. The van der Waals surface area contributed by atoms with E-state index in [2.05, 4.69) is 52.7 Å². The molecule has 0 radical (unpaired) electrons. The summed E-state index contributed by atoms with van der Waals surface area (Å²) in [6.45, 7) is 7.59. The highest BCUT2D eigenvalue weighted by atomic mass is 79.9. The molecule has 1 aromatic carbocycles. The van der Waals surface area contributed by atoms with Crippen molar-refractivity contribution < 1.29 is 0 Å². The summed E-state index contributed by atoms with van der Waals surface area (Å²) in [4.78, 5) is 4.77. The van der Waals surface area contributed by atoms with Crippen molar-refractivity contribution in [3.8, 4) is 6.07 Å². The number of anilines is 1. The van der Waals surface area contributed by atoms with Gasteiger partial charge in [-0.1, -0.05) is 0 Å². The van der Waals surface area contributed by atoms with Crippen molar-refractivity contribution >= 4 is 21.6 Å². The van der Waals surface area contributed by atoms with E-state index in [0.29, 0.717) is 5.56 Å². The summed E-state index contributed by atoms with van der Waals surface area (Å²) >= 11 is 3.57. The molecule has 1 aromatic rings. The highest BCUT2D eigenvalue weighted by molar-refractivity contribution is 9.10. The predicted octanol–water partition coefficient (Wildman–Crippen LogP) is 2.85. The lowest BCUT2D eigenvalue weighted by Gasteiger charge is -2.46. The molecule has 0 aliphatic carbocycles. The number of nitriles is 1. The number of hydrogen-bond donors (Lipinski definition) is 0. The molecule has 2 rings (SSSR count). The fourth-order valence-corrected chi connectivity index (χ4v) is 2.91. The first-order valence-electron chi connectivity index (χ1n) is 6.10. The number of benzene rings is 1. The molecule has 0 atom stereocenters. The van der Waals surface area contributed by atoms with Gasteiger partial charge in [0.05, 0.1) is 17.3 Å². The summed E-state index contributed by atoms with van der Waals surface area (Å²) in [5.41, 5.74) is 2.04. The van der Waals surface area contributed by atoms with Crippen LogP contribution < -0.4 is 4.90 Å². The van der Waals surface area contributed by atoms with Crippen molar-refractivity contribution in [3.05, 3.63) is 28.2 Å². The van der Waals surface area contributed by atoms with Gasteiger partial charge in [-0.25, -0.2) is 0 Å². The third kappa shape index (κ3) is 2.52. The standard InChI is InChI=1S/C14H18BrN3/c1-14(2)10-18(7-6-17(14)3)13-5-4-11(9-16)8-12(13)15/h4-5,8H,6-7,10H2,1-3H3. The Bertz CT molecular complexity index is 490. The number of hydrogen-bond acceptors (Lipinski definition) is 3. The third-order valence-electron chi connectivity index (χ3n) is 3.73. The van der Waals surface area contributed by atoms with Crippen LogP contribution in [0.2, 0.25) is 0 Å². The molecule has 0 unspecified atom stereocenters. The number of nitrogens with zero attached hydrogens (tertiary/aromatic N) is 3. The van der Waals surface area contributed by atoms with E-state index in [4.69, 9.17) is 5.26 Å². The number of likely N-dealkylation sites (N-methyl/N-ethyl adjacent to an activating group) is 1. The van der Waals surface area contributed by atoms with Crippen molar-refractivity contribution in [2.24, 2.45) is 0 Å². The van der Waals surface area contributed by atoms with E-state index in [0.717, 1.165) is 24.1 Å². The second-order valence-corrected chi connectivity index (χ2v) is 6.29. The maximum atomic E-state index is 8.89. The summed E-state index contributed by atoms with van der Waals surface area (Å²) in [5.74, 6) is 0. The zero-order valence-corrected chi connectivity index (χ0v) is 12.7. The molecule has 1 aliphatic heterocycles. The van der Waals surface area contributed by atoms with Crippen LogP contribution in [0.15, 0.2) is 22.7 Å². The first kappa shape index (κ1) is 13.4. The molecule has 0 amide bonds. The van der Waals surface area contributed by atoms with Crippen LogP contribution in [0.4, 0.5) is 5.69 Å². The Labute approximate surface area is 117 Å². The minimum Gasteiger partial charge on any atom is -0.368 e. The van der Waals surface area contributed by atoms with E-state index < -0.39 is 0 Å². The Morgan fingerprint density at radius 2 is 2.06 bits per heavy atom. The summed E-state index contributed by atoms with van der Waals surface area (Å²) in [7, 11) is 2.17. The van der Waals surface area contributed by atoms with Crippen LogP contribution in [0.1, 0.15) is 19.4 Å². The Hall–Kier alpha value is -1.05. The van der Waals surface area contributed by atoms with Crippen LogP contribution >= 0.6 is 15.9 Å². The molecule has 1 fully saturated rings. The molecule has 0 N–H and O–H groups in total. The second kappa shape index (κ2) is 4.91. The predicted molar refractivity (Wildman–Crippen MR) is 77.8 cm³/mol. The monoisotopic (exact) mass is 307 g/mol. The average Bonchev–Trinajstić information content (AvgIpc) is 2.32. The van der Waals surface area contributed by atoms with Gasteiger partial charge < -0.3 is 4.90 Å². The Kier molecular flexibility index (Phi) is 3.65. The van der Waals surface area contributed by atoms with Crippen LogP contribution in [-0.4, -0.2) is 37.1 Å². The van der Waals surface area contributed by atoms with Gasteiger partial charge in [0, 0.05) is 29.6 Å². The zero-order valence-electron chi connectivity index (χ0n) is 11.1. The summed E-state index contributed by atoms with van der Waals surface area (Å²) in [6, 6.07) is 7.97. The number of piperazine rings is 1. The molecule has 4 heteroatoms. The highest BCUT2D eigenvalue weighted by Gasteiger charge is 2.31. The van der Waals surface area contributed by atoms with Gasteiger partial charge in [-0.05, 0) is 55.0 Å². The number of halogens is 1. The first-order valence-corrected chi connectivity index (χ1v) is 6.89. The lowest BCUT2D eigenvalue weighted by molar-refractivity contribution is 0.139. The van der Waals surface area contributed by atoms with Crippen LogP contribution in [0.5, 0.6) is 0 Å². The normalized spacial score (nSPS) is 19.6. The van der Waals surface area contributed by atoms with E-state index in [-0.39, 0.29) is 5.54 Å². The Balaban J connectivity index is 2.26. The topological polar surface area (TPSA) is 30.3 Å². The molecule has 0 aromatic heterocycles. The molecule has 96 valence electrons. The molecule has 18 heavy (non-hydrogen) atoms. The van der Waals surface area contributed by atoms with Crippen LogP contribution in [-0.2, 0) is 0 Å². The fraction of sp³-hybridized carbons (Fsp3) is 0.500. The van der Waals surface area contributed by atoms with Gasteiger partial charge in [0.25, 0.3) is 0 Å². The summed E-state index contributed by atoms with van der Waals surface area (Å²) in [5, 5.41) is 8.89. The van der Waals surface area contributed by atoms with Gasteiger partial charge in [0.15, 0.2) is 0 Å². The molecule has 1 saturated heterocycles. The van der Waals surface area contributed by atoms with Crippen molar-refractivity contribution in [3.63, 3.8) is 0 Å². The van der Waals surface area contributed by atoms with E-state index in [1.165, 1.54) is 5.69 Å². The molecule has 1 aliphatic rings. The Morgan fingerprint density at radius 1 is 1.33 bits per heavy atom. The van der Waals surface area contributed by atoms with Crippen molar-refractivity contribution in [2.45, 2.75) is 19.4 Å². The second-order valence-electron chi connectivity index (χ2n) is 5.43. The van der Waals surface area contributed by atoms with Crippen molar-refractivity contribution in [2.75, 3.05) is 31.6 Å². The van der Waals surface area contributed by atoms with Crippen LogP contribution in [0.25, 0.3) is 0 Å². The summed E-state index contributed by atoms with van der Waals surface area (Å²) < 4.78 is 1.00. The maximum absolute atomic E-state index is 8.89. The molecule has 0 spiro atoms. The molecule has 1 heterocycles. The lowest BCUT2D eigenvalue weighted by Crippen LogP contribution is -2.57. The van der Waals surface area contributed by atoms with Gasteiger partial charge in [-0.15, -0.1) is 0 Å². The third-order valence-corrected chi connectivity index (χ3v) is 4.37. The molecule has 0 saturated carbocycles. The van der Waals surface area contributed by atoms with Gasteiger partial charge in [0.1, 0.15) is 0 Å². The lowest BCUT2D eigenvalue weighted by atomic mass is 9.99. The molecule has 3 nitrogen and oxygen atoms in total. The minimum atomic E-state index is 0.172. The fourth-order valence-electron chi connectivity index (χ4n) is 2.28. The summed E-state index contributed by atoms with van der Waals surface area (Å²) in [6.07, 6.45) is 0. The van der Waals surface area contributed by atoms with Gasteiger partial charge in [-0.3, -0.25) is 4.90 Å². The maximum Gasteiger partial charge on any atom is 0.0992 e. The van der Waals surface area contributed by atoms with E-state index in [9.17, 15) is 0 Å². The highest BCUT2D eigenvalue weighted by Crippen LogP contribution is 2.31. The van der Waals surface area contributed by atoms with Crippen molar-refractivity contribution in [1.29, 1.82) is 5.26 Å². The van der Waals surface area contributed by atoms with Gasteiger partial charge >= 0.3 is 0 Å². The smallest absolute Gasteiger partial charge is 0.0992 e. The van der Waals surface area contributed by atoms with Crippen LogP contribution in [0, 0.1) is 11.3 Å². The van der Waals surface area contributed by atoms with E-state index in [1.54, 1.807) is 0 Å². The Morgan fingerprint density at radius 3 is 2.61 bits per heavy atom. The SMILES string of the molecule is CN1CCN(c2ccc(C#N)cc2Br)CC1(C)C.